The Kier molecular flexibility index (Phi) is 5.65. The number of carbonyl (C=O) groups is 2. The number of benzene rings is 3. The topological polar surface area (TPSA) is 101 Å². The molecule has 2 amide bonds. The molecule has 32 heavy (non-hydrogen) atoms. The van der Waals surface area contributed by atoms with Crippen LogP contribution in [0.2, 0.25) is 0 Å². The van der Waals surface area contributed by atoms with Crippen molar-refractivity contribution in [3.8, 4) is 0 Å². The van der Waals surface area contributed by atoms with Crippen LogP contribution in [0.3, 0.4) is 0 Å². The van der Waals surface area contributed by atoms with Gasteiger partial charge in [-0.3, -0.25) is 9.59 Å². The summed E-state index contributed by atoms with van der Waals surface area (Å²) in [6, 6.07) is 23.7. The average molecular weight is 448 g/mol. The maximum atomic E-state index is 13.6. The van der Waals surface area contributed by atoms with Crippen molar-refractivity contribution in [3.05, 3.63) is 96.2 Å². The zero-order valence-corrected chi connectivity index (χ0v) is 18.1. The number of anilines is 2. The van der Waals surface area contributed by atoms with Crippen molar-refractivity contribution in [2.75, 3.05) is 16.3 Å². The van der Waals surface area contributed by atoms with Gasteiger partial charge in [0.15, 0.2) is 0 Å². The molecule has 0 fully saturated rings. The molecule has 1 aliphatic heterocycles. The minimum atomic E-state index is -3.90. The van der Waals surface area contributed by atoms with Gasteiger partial charge in [-0.2, -0.15) is 0 Å². The Morgan fingerprint density at radius 3 is 1.91 bits per heavy atom. The Morgan fingerprint density at radius 2 is 1.38 bits per heavy atom. The van der Waals surface area contributed by atoms with Gasteiger partial charge in [-0.1, -0.05) is 48.5 Å². The van der Waals surface area contributed by atoms with E-state index >= 15 is 0 Å². The average Bonchev–Trinajstić information content (AvgIpc) is 3.05. The number of imide groups is 1. The van der Waals surface area contributed by atoms with Crippen LogP contribution in [0.15, 0.2) is 95.5 Å². The fourth-order valence-electron chi connectivity index (χ4n) is 3.73. The Morgan fingerprint density at radius 1 is 0.812 bits per heavy atom. The second kappa shape index (κ2) is 8.41. The van der Waals surface area contributed by atoms with Crippen LogP contribution < -0.4 is 14.9 Å². The molecule has 2 N–H and O–H groups in total. The highest BCUT2D eigenvalue weighted by Crippen LogP contribution is 2.36. The van der Waals surface area contributed by atoms with Crippen LogP contribution in [0, 0.1) is 0 Å². The second-order valence-electron chi connectivity index (χ2n) is 7.15. The molecule has 7 nitrogen and oxygen atoms in total. The molecular weight excluding hydrogens is 426 g/mol. The molecule has 0 bridgehead atoms. The highest BCUT2D eigenvalue weighted by atomic mass is 32.2. The first kappa shape index (κ1) is 21.5. The quantitative estimate of drug-likeness (QED) is 0.585. The van der Waals surface area contributed by atoms with Crippen molar-refractivity contribution in [1.82, 2.24) is 0 Å². The Bertz CT molecular complexity index is 1300. The van der Waals surface area contributed by atoms with Gasteiger partial charge in [-0.15, -0.1) is 0 Å². The van der Waals surface area contributed by atoms with Gasteiger partial charge in [0.2, 0.25) is 10.0 Å². The summed E-state index contributed by atoms with van der Waals surface area (Å²) in [6.07, 6.45) is 0. The van der Waals surface area contributed by atoms with Crippen LogP contribution in [0.5, 0.6) is 0 Å². The highest BCUT2D eigenvalue weighted by molar-refractivity contribution is 7.89. The number of nitrogens with two attached hydrogens (primary N) is 1. The van der Waals surface area contributed by atoms with Gasteiger partial charge in [0.25, 0.3) is 11.8 Å². The predicted molar refractivity (Wildman–Crippen MR) is 123 cm³/mol. The predicted octanol–water partition coefficient (Wildman–Crippen LogP) is 3.15. The largest absolute Gasteiger partial charge is 0.337 e. The number of sulfonamides is 1. The second-order valence-corrected chi connectivity index (χ2v) is 8.72. The van der Waals surface area contributed by atoms with E-state index in [4.69, 9.17) is 5.14 Å². The summed E-state index contributed by atoms with van der Waals surface area (Å²) in [5.41, 5.74) is 2.23. The third kappa shape index (κ3) is 3.81. The molecule has 162 valence electrons. The van der Waals surface area contributed by atoms with Crippen molar-refractivity contribution in [1.29, 1.82) is 0 Å². The number of nitrogens with zero attached hydrogens (tertiary/aromatic N) is 2. The van der Waals surface area contributed by atoms with Crippen molar-refractivity contribution in [3.63, 3.8) is 0 Å². The van der Waals surface area contributed by atoms with E-state index in [0.717, 1.165) is 10.6 Å². The molecule has 0 saturated heterocycles. The van der Waals surface area contributed by atoms with Gasteiger partial charge in [0.1, 0.15) is 5.70 Å². The van der Waals surface area contributed by atoms with E-state index in [1.54, 1.807) is 29.2 Å². The zero-order chi connectivity index (χ0) is 22.9. The summed E-state index contributed by atoms with van der Waals surface area (Å²) < 4.78 is 23.2. The fraction of sp³-hybridized carbons (Fsp3) is 0.0833. The van der Waals surface area contributed by atoms with E-state index < -0.39 is 21.8 Å². The van der Waals surface area contributed by atoms with Gasteiger partial charge in [-0.05, 0) is 48.9 Å². The fourth-order valence-corrected chi connectivity index (χ4v) is 4.25. The molecule has 0 spiro atoms. The van der Waals surface area contributed by atoms with Crippen LogP contribution in [-0.4, -0.2) is 26.8 Å². The standard InChI is InChI=1S/C24H21N3O4S/c1-2-26(18-11-7-4-8-12-18)22-21(17-9-5-3-6-10-17)23(28)27(24(22)29)19-13-15-20(16-14-19)32(25,30)31/h3-16H,2H2,1H3,(H2,25,30,31). The third-order valence-electron chi connectivity index (χ3n) is 5.20. The van der Waals surface area contributed by atoms with E-state index in [1.165, 1.54) is 24.3 Å². The third-order valence-corrected chi connectivity index (χ3v) is 6.13. The molecule has 3 aromatic carbocycles. The summed E-state index contributed by atoms with van der Waals surface area (Å²) >= 11 is 0. The minimum absolute atomic E-state index is 0.101. The van der Waals surface area contributed by atoms with Gasteiger partial charge in [0.05, 0.1) is 16.2 Å². The van der Waals surface area contributed by atoms with Gasteiger partial charge in [-0.25, -0.2) is 18.5 Å². The van der Waals surface area contributed by atoms with E-state index in [9.17, 15) is 18.0 Å². The Hall–Kier alpha value is -3.75. The molecule has 3 aromatic rings. The Labute approximate surface area is 186 Å². The van der Waals surface area contributed by atoms with Crippen LogP contribution in [0.25, 0.3) is 5.57 Å². The number of likely N-dealkylation sites (N-methyl/N-ethyl adjacent to an activating group) is 1. The van der Waals surface area contributed by atoms with Crippen LogP contribution in [0.4, 0.5) is 11.4 Å². The monoisotopic (exact) mass is 447 g/mol. The summed E-state index contributed by atoms with van der Waals surface area (Å²) in [6.45, 7) is 2.37. The molecule has 1 heterocycles. The smallest absolute Gasteiger partial charge is 0.282 e. The number of amides is 2. The van der Waals surface area contributed by atoms with E-state index in [2.05, 4.69) is 0 Å². The van der Waals surface area contributed by atoms with Crippen LogP contribution >= 0.6 is 0 Å². The summed E-state index contributed by atoms with van der Waals surface area (Å²) in [5.74, 6) is -0.961. The molecule has 0 atom stereocenters. The first-order valence-electron chi connectivity index (χ1n) is 9.97. The minimum Gasteiger partial charge on any atom is -0.337 e. The first-order chi connectivity index (χ1) is 15.3. The van der Waals surface area contributed by atoms with E-state index in [1.807, 2.05) is 43.3 Å². The number of rotatable bonds is 6. The summed E-state index contributed by atoms with van der Waals surface area (Å²) in [4.78, 5) is 29.9. The normalized spacial score (nSPS) is 14.2. The van der Waals surface area contributed by atoms with Crippen molar-refractivity contribution in [2.45, 2.75) is 11.8 Å². The first-order valence-corrected chi connectivity index (χ1v) is 11.5. The van der Waals surface area contributed by atoms with Crippen LogP contribution in [-0.2, 0) is 19.6 Å². The number of para-hydroxylation sites is 1. The summed E-state index contributed by atoms with van der Waals surface area (Å²) in [5, 5.41) is 5.17. The van der Waals surface area contributed by atoms with E-state index in [0.29, 0.717) is 12.1 Å². The molecule has 4 rings (SSSR count). The Balaban J connectivity index is 1.86. The number of carbonyl (C=O) groups excluding carboxylic acids is 2. The van der Waals surface area contributed by atoms with Crippen molar-refractivity contribution >= 4 is 38.8 Å². The lowest BCUT2D eigenvalue weighted by molar-refractivity contribution is -0.120. The molecule has 0 aromatic heterocycles. The van der Waals surface area contributed by atoms with Crippen LogP contribution in [0.1, 0.15) is 12.5 Å². The number of primary sulfonamides is 1. The highest BCUT2D eigenvalue weighted by Gasteiger charge is 2.42. The van der Waals surface area contributed by atoms with Crippen molar-refractivity contribution < 1.29 is 18.0 Å². The van der Waals surface area contributed by atoms with Crippen molar-refractivity contribution in [2.24, 2.45) is 5.14 Å². The molecule has 0 radical (unpaired) electrons. The summed E-state index contributed by atoms with van der Waals surface area (Å²) in [7, 11) is -3.90. The lowest BCUT2D eigenvalue weighted by Gasteiger charge is -2.25. The molecule has 0 aliphatic carbocycles. The molecule has 8 heteroatoms. The number of hydrogen-bond acceptors (Lipinski definition) is 5. The zero-order valence-electron chi connectivity index (χ0n) is 17.3. The molecule has 0 unspecified atom stereocenters. The van der Waals surface area contributed by atoms with E-state index in [-0.39, 0.29) is 21.9 Å². The van der Waals surface area contributed by atoms with Gasteiger partial charge >= 0.3 is 0 Å². The lowest BCUT2D eigenvalue weighted by Crippen LogP contribution is -2.35. The molecule has 1 aliphatic rings. The van der Waals surface area contributed by atoms with Gasteiger partial charge in [0, 0.05) is 12.2 Å². The molecular formula is C24H21N3O4S. The maximum Gasteiger partial charge on any atom is 0.282 e. The number of hydrogen-bond donors (Lipinski definition) is 1. The molecule has 0 saturated carbocycles. The maximum absolute atomic E-state index is 13.6. The van der Waals surface area contributed by atoms with Gasteiger partial charge < -0.3 is 4.90 Å². The SMILES string of the molecule is CCN(C1=C(c2ccccc2)C(=O)N(c2ccc(S(N)(=O)=O)cc2)C1=O)c1ccccc1. The lowest BCUT2D eigenvalue weighted by atomic mass is 10.0.